The molecule has 8 heteroatoms. The first-order valence-electron chi connectivity index (χ1n) is 6.53. The number of carbonyl (C=O) groups is 1. The van der Waals surface area contributed by atoms with Gasteiger partial charge in [-0.1, -0.05) is 6.07 Å². The van der Waals surface area contributed by atoms with Crippen molar-refractivity contribution >= 4 is 17.2 Å². The van der Waals surface area contributed by atoms with Crippen molar-refractivity contribution in [3.05, 3.63) is 46.5 Å². The molecule has 0 aromatic carbocycles. The molecule has 2 rings (SSSR count). The molecule has 0 bridgehead atoms. The molecule has 0 unspecified atom stereocenters. The van der Waals surface area contributed by atoms with Gasteiger partial charge >= 0.3 is 6.18 Å². The molecule has 4 nitrogen and oxygen atoms in total. The van der Waals surface area contributed by atoms with Gasteiger partial charge in [0, 0.05) is 11.4 Å². The minimum atomic E-state index is -4.41. The molecule has 0 spiro atoms. The van der Waals surface area contributed by atoms with E-state index in [1.807, 2.05) is 22.8 Å². The van der Waals surface area contributed by atoms with Crippen LogP contribution in [0.5, 0.6) is 0 Å². The highest BCUT2D eigenvalue weighted by Crippen LogP contribution is 2.15. The summed E-state index contributed by atoms with van der Waals surface area (Å²) in [6, 6.07) is 7.28. The maximum Gasteiger partial charge on any atom is 0.405 e. The van der Waals surface area contributed by atoms with Crippen LogP contribution >= 0.6 is 11.3 Å². The quantitative estimate of drug-likeness (QED) is 0.848. The standard InChI is InChI=1S/C14H15F3N2O2S/c15-14(16,17)10-18-13(20)9-19(7-11-3-1-5-21-11)8-12-4-2-6-22-12/h1-6H,7-10H2,(H,18,20). The summed E-state index contributed by atoms with van der Waals surface area (Å²) in [5.41, 5.74) is 0. The van der Waals surface area contributed by atoms with Crippen LogP contribution in [0.1, 0.15) is 10.6 Å². The molecule has 0 fully saturated rings. The van der Waals surface area contributed by atoms with Gasteiger partial charge in [-0.05, 0) is 23.6 Å². The monoisotopic (exact) mass is 332 g/mol. The Bertz CT molecular complexity index is 531. The molecule has 0 saturated carbocycles. The fraction of sp³-hybridized carbons (Fsp3) is 0.357. The van der Waals surface area contributed by atoms with Crippen molar-refractivity contribution in [2.45, 2.75) is 19.3 Å². The molecule has 0 aliphatic rings. The summed E-state index contributed by atoms with van der Waals surface area (Å²) in [7, 11) is 0. The predicted molar refractivity (Wildman–Crippen MR) is 76.2 cm³/mol. The first-order chi connectivity index (χ1) is 10.4. The van der Waals surface area contributed by atoms with Crippen LogP contribution in [0.4, 0.5) is 13.2 Å². The van der Waals surface area contributed by atoms with E-state index >= 15 is 0 Å². The topological polar surface area (TPSA) is 45.5 Å². The molecule has 120 valence electrons. The number of alkyl halides is 3. The van der Waals surface area contributed by atoms with Crippen LogP contribution in [0, 0.1) is 0 Å². The summed E-state index contributed by atoms with van der Waals surface area (Å²) in [5.74, 6) is -0.0133. The lowest BCUT2D eigenvalue weighted by molar-refractivity contribution is -0.139. The van der Waals surface area contributed by atoms with E-state index in [1.165, 1.54) is 17.6 Å². The second kappa shape index (κ2) is 7.46. The molecule has 0 saturated heterocycles. The summed E-state index contributed by atoms with van der Waals surface area (Å²) < 4.78 is 41.6. The van der Waals surface area contributed by atoms with Crippen molar-refractivity contribution in [2.24, 2.45) is 0 Å². The number of hydrogen-bond acceptors (Lipinski definition) is 4. The van der Waals surface area contributed by atoms with E-state index in [0.29, 0.717) is 18.8 Å². The van der Waals surface area contributed by atoms with Gasteiger partial charge in [0.2, 0.25) is 5.91 Å². The van der Waals surface area contributed by atoms with Crippen LogP contribution in [-0.2, 0) is 17.9 Å². The van der Waals surface area contributed by atoms with Crippen molar-refractivity contribution in [2.75, 3.05) is 13.1 Å². The molecule has 0 radical (unpaired) electrons. The Kier molecular flexibility index (Phi) is 5.62. The molecular weight excluding hydrogens is 317 g/mol. The second-order valence-corrected chi connectivity index (χ2v) is 5.73. The lowest BCUT2D eigenvalue weighted by Gasteiger charge is -2.20. The van der Waals surface area contributed by atoms with Gasteiger partial charge in [-0.3, -0.25) is 9.69 Å². The van der Waals surface area contributed by atoms with Crippen LogP contribution in [0.3, 0.4) is 0 Å². The summed E-state index contributed by atoms with van der Waals surface area (Å²) >= 11 is 1.52. The third kappa shape index (κ3) is 5.90. The zero-order valence-electron chi connectivity index (χ0n) is 11.6. The van der Waals surface area contributed by atoms with E-state index in [0.717, 1.165) is 4.88 Å². The average molecular weight is 332 g/mol. The molecule has 1 N–H and O–H groups in total. The zero-order chi connectivity index (χ0) is 16.0. The summed E-state index contributed by atoms with van der Waals surface area (Å²) in [6.07, 6.45) is -2.89. The fourth-order valence-corrected chi connectivity index (χ4v) is 2.62. The smallest absolute Gasteiger partial charge is 0.405 e. The van der Waals surface area contributed by atoms with Gasteiger partial charge in [0.1, 0.15) is 12.3 Å². The number of thiophene rings is 1. The Morgan fingerprint density at radius 2 is 2.09 bits per heavy atom. The second-order valence-electron chi connectivity index (χ2n) is 4.70. The average Bonchev–Trinajstić information content (AvgIpc) is 3.09. The van der Waals surface area contributed by atoms with Crippen LogP contribution in [0.25, 0.3) is 0 Å². The van der Waals surface area contributed by atoms with E-state index in [4.69, 9.17) is 4.42 Å². The Hall–Kier alpha value is -1.80. The number of rotatable bonds is 7. The van der Waals surface area contributed by atoms with Gasteiger partial charge in [-0.2, -0.15) is 13.2 Å². The summed E-state index contributed by atoms with van der Waals surface area (Å²) in [6.45, 7) is -0.629. The van der Waals surface area contributed by atoms with Gasteiger partial charge in [0.25, 0.3) is 0 Å². The van der Waals surface area contributed by atoms with Crippen LogP contribution in [-0.4, -0.2) is 30.1 Å². The molecule has 0 aliphatic carbocycles. The number of nitrogens with one attached hydrogen (secondary N) is 1. The molecular formula is C14H15F3N2O2S. The normalized spacial score (nSPS) is 11.8. The van der Waals surface area contributed by atoms with Crippen molar-refractivity contribution in [3.63, 3.8) is 0 Å². The maximum absolute atomic E-state index is 12.1. The van der Waals surface area contributed by atoms with Gasteiger partial charge in [0.05, 0.1) is 19.4 Å². The van der Waals surface area contributed by atoms with E-state index in [9.17, 15) is 18.0 Å². The van der Waals surface area contributed by atoms with Crippen molar-refractivity contribution in [1.82, 2.24) is 10.2 Å². The van der Waals surface area contributed by atoms with E-state index in [2.05, 4.69) is 0 Å². The molecule has 2 aromatic rings. The molecule has 2 heterocycles. The highest BCUT2D eigenvalue weighted by molar-refractivity contribution is 7.09. The van der Waals surface area contributed by atoms with Crippen LogP contribution in [0.2, 0.25) is 0 Å². The lowest BCUT2D eigenvalue weighted by atomic mass is 10.3. The van der Waals surface area contributed by atoms with Crippen molar-refractivity contribution < 1.29 is 22.4 Å². The van der Waals surface area contributed by atoms with Gasteiger partial charge in [0.15, 0.2) is 0 Å². The van der Waals surface area contributed by atoms with Gasteiger partial charge in [-0.15, -0.1) is 11.3 Å². The highest BCUT2D eigenvalue weighted by Gasteiger charge is 2.28. The number of amides is 1. The number of furan rings is 1. The predicted octanol–water partition coefficient (Wildman–Crippen LogP) is 3.02. The Morgan fingerprint density at radius 3 is 2.68 bits per heavy atom. The number of nitrogens with zero attached hydrogens (tertiary/aromatic N) is 1. The first kappa shape index (κ1) is 16.6. The third-order valence-electron chi connectivity index (χ3n) is 2.77. The summed E-state index contributed by atoms with van der Waals surface area (Å²) in [5, 5.41) is 3.79. The summed E-state index contributed by atoms with van der Waals surface area (Å²) in [4.78, 5) is 14.4. The fourth-order valence-electron chi connectivity index (χ4n) is 1.87. The molecule has 1 amide bonds. The minimum Gasteiger partial charge on any atom is -0.468 e. The lowest BCUT2D eigenvalue weighted by Crippen LogP contribution is -2.40. The highest BCUT2D eigenvalue weighted by atomic mass is 32.1. The van der Waals surface area contributed by atoms with E-state index in [1.54, 1.807) is 17.0 Å². The number of halogens is 3. The van der Waals surface area contributed by atoms with Crippen molar-refractivity contribution in [1.29, 1.82) is 0 Å². The molecule has 2 aromatic heterocycles. The Balaban J connectivity index is 1.93. The maximum atomic E-state index is 12.1. The first-order valence-corrected chi connectivity index (χ1v) is 7.41. The SMILES string of the molecule is O=C(CN(Cc1ccco1)Cc1cccs1)NCC(F)(F)F. The van der Waals surface area contributed by atoms with E-state index in [-0.39, 0.29) is 6.54 Å². The minimum absolute atomic E-state index is 0.130. The zero-order valence-corrected chi connectivity index (χ0v) is 12.4. The largest absolute Gasteiger partial charge is 0.468 e. The molecule has 0 aliphatic heterocycles. The van der Waals surface area contributed by atoms with Gasteiger partial charge in [-0.25, -0.2) is 0 Å². The Labute approximate surface area is 129 Å². The number of carbonyl (C=O) groups excluding carboxylic acids is 1. The van der Waals surface area contributed by atoms with E-state index < -0.39 is 18.6 Å². The van der Waals surface area contributed by atoms with Crippen LogP contribution in [0.15, 0.2) is 40.3 Å². The molecule has 22 heavy (non-hydrogen) atoms. The van der Waals surface area contributed by atoms with Gasteiger partial charge < -0.3 is 9.73 Å². The van der Waals surface area contributed by atoms with Crippen molar-refractivity contribution in [3.8, 4) is 0 Å². The molecule has 0 atom stereocenters. The van der Waals surface area contributed by atoms with Crippen LogP contribution < -0.4 is 5.32 Å². The Morgan fingerprint density at radius 1 is 1.27 bits per heavy atom. The third-order valence-corrected chi connectivity index (χ3v) is 3.63. The number of hydrogen-bond donors (Lipinski definition) is 1.